The molecule has 0 heterocycles. The molecule has 0 saturated carbocycles. The number of anilines is 1. The molecule has 24 heavy (non-hydrogen) atoms. The molecular weight excluding hydrogens is 302 g/mol. The fourth-order valence-corrected chi connectivity index (χ4v) is 2.67. The van der Waals surface area contributed by atoms with Gasteiger partial charge in [0, 0.05) is 17.3 Å². The summed E-state index contributed by atoms with van der Waals surface area (Å²) in [5, 5.41) is 32.8. The van der Waals surface area contributed by atoms with Gasteiger partial charge in [-0.25, -0.2) is 0 Å². The van der Waals surface area contributed by atoms with Crippen LogP contribution in [0.25, 0.3) is 0 Å². The lowest BCUT2D eigenvalue weighted by atomic mass is 9.96. The van der Waals surface area contributed by atoms with Crippen LogP contribution < -0.4 is 5.32 Å². The molecule has 0 saturated heterocycles. The van der Waals surface area contributed by atoms with E-state index < -0.39 is 0 Å². The minimum Gasteiger partial charge on any atom is -0.508 e. The second kappa shape index (κ2) is 6.54. The van der Waals surface area contributed by atoms with Crippen molar-refractivity contribution in [2.75, 3.05) is 5.32 Å². The maximum Gasteiger partial charge on any atom is 0.124 e. The molecular formula is C20H19NO3. The van der Waals surface area contributed by atoms with Gasteiger partial charge in [0.05, 0.1) is 6.04 Å². The van der Waals surface area contributed by atoms with Gasteiger partial charge in [-0.05, 0) is 48.4 Å². The van der Waals surface area contributed by atoms with Crippen LogP contribution in [0.3, 0.4) is 0 Å². The van der Waals surface area contributed by atoms with Gasteiger partial charge in [0.15, 0.2) is 0 Å². The molecule has 0 aliphatic heterocycles. The Bertz CT molecular complexity index is 844. The summed E-state index contributed by atoms with van der Waals surface area (Å²) >= 11 is 0. The van der Waals surface area contributed by atoms with Crippen molar-refractivity contribution >= 4 is 5.69 Å². The Morgan fingerprint density at radius 2 is 1.46 bits per heavy atom. The predicted molar refractivity (Wildman–Crippen MR) is 94.5 cm³/mol. The average Bonchev–Trinajstić information content (AvgIpc) is 2.56. The SMILES string of the molecule is Cc1ccccc1NC(c1ccc(O)cc1)c1ccc(O)cc1O. The number of rotatable bonds is 4. The molecule has 122 valence electrons. The van der Waals surface area contributed by atoms with E-state index in [-0.39, 0.29) is 23.3 Å². The molecule has 3 rings (SSSR count). The van der Waals surface area contributed by atoms with Crippen LogP contribution in [0.2, 0.25) is 0 Å². The summed E-state index contributed by atoms with van der Waals surface area (Å²) in [6.07, 6.45) is 0. The lowest BCUT2D eigenvalue weighted by molar-refractivity contribution is 0.445. The van der Waals surface area contributed by atoms with Crippen molar-refractivity contribution in [3.8, 4) is 17.2 Å². The molecule has 3 aromatic rings. The summed E-state index contributed by atoms with van der Waals surface area (Å²) < 4.78 is 0. The van der Waals surface area contributed by atoms with Gasteiger partial charge in [0.1, 0.15) is 17.2 Å². The Hall–Kier alpha value is -3.14. The van der Waals surface area contributed by atoms with E-state index >= 15 is 0 Å². The Morgan fingerprint density at radius 3 is 2.12 bits per heavy atom. The van der Waals surface area contributed by atoms with Crippen molar-refractivity contribution in [3.63, 3.8) is 0 Å². The Balaban J connectivity index is 2.06. The quantitative estimate of drug-likeness (QED) is 0.578. The zero-order chi connectivity index (χ0) is 17.1. The van der Waals surface area contributed by atoms with Crippen LogP contribution in [0, 0.1) is 6.92 Å². The fourth-order valence-electron chi connectivity index (χ4n) is 2.67. The first-order valence-corrected chi connectivity index (χ1v) is 7.67. The average molecular weight is 321 g/mol. The number of nitrogens with one attached hydrogen (secondary N) is 1. The molecule has 0 spiro atoms. The lowest BCUT2D eigenvalue weighted by Gasteiger charge is -2.23. The normalized spacial score (nSPS) is 11.9. The number of para-hydroxylation sites is 1. The van der Waals surface area contributed by atoms with Crippen molar-refractivity contribution in [1.29, 1.82) is 0 Å². The molecule has 1 unspecified atom stereocenters. The third-order valence-corrected chi connectivity index (χ3v) is 4.00. The van der Waals surface area contributed by atoms with Crippen LogP contribution >= 0.6 is 0 Å². The van der Waals surface area contributed by atoms with E-state index in [1.807, 2.05) is 31.2 Å². The first kappa shape index (κ1) is 15.7. The van der Waals surface area contributed by atoms with Gasteiger partial charge in [-0.3, -0.25) is 0 Å². The second-order valence-corrected chi connectivity index (χ2v) is 5.73. The second-order valence-electron chi connectivity index (χ2n) is 5.73. The van der Waals surface area contributed by atoms with Crippen LogP contribution in [-0.2, 0) is 0 Å². The zero-order valence-electron chi connectivity index (χ0n) is 13.3. The minimum absolute atomic E-state index is 0.00848. The number of phenolic OH excluding ortho intramolecular Hbond substituents is 3. The van der Waals surface area contributed by atoms with Gasteiger partial charge in [0.2, 0.25) is 0 Å². The maximum atomic E-state index is 10.3. The summed E-state index contributed by atoms with van der Waals surface area (Å²) in [5.74, 6) is 0.203. The fraction of sp³-hybridized carbons (Fsp3) is 0.100. The first-order chi connectivity index (χ1) is 11.5. The smallest absolute Gasteiger partial charge is 0.124 e. The van der Waals surface area contributed by atoms with Crippen LogP contribution in [0.1, 0.15) is 22.7 Å². The molecule has 0 aliphatic carbocycles. The minimum atomic E-state index is -0.327. The van der Waals surface area contributed by atoms with E-state index in [2.05, 4.69) is 5.32 Å². The number of aromatic hydroxyl groups is 3. The first-order valence-electron chi connectivity index (χ1n) is 7.67. The summed E-state index contributed by atoms with van der Waals surface area (Å²) in [4.78, 5) is 0. The maximum absolute atomic E-state index is 10.3. The molecule has 4 N–H and O–H groups in total. The number of phenols is 3. The molecule has 3 aromatic carbocycles. The number of hydrogen-bond donors (Lipinski definition) is 4. The van der Waals surface area contributed by atoms with Crippen LogP contribution in [0.15, 0.2) is 66.7 Å². The van der Waals surface area contributed by atoms with Crippen molar-refractivity contribution in [3.05, 3.63) is 83.4 Å². The molecule has 0 fully saturated rings. The Kier molecular flexibility index (Phi) is 4.29. The number of benzene rings is 3. The lowest BCUT2D eigenvalue weighted by Crippen LogP contribution is -2.13. The van der Waals surface area contributed by atoms with Crippen LogP contribution in [0.4, 0.5) is 5.69 Å². The zero-order valence-corrected chi connectivity index (χ0v) is 13.3. The molecule has 4 nitrogen and oxygen atoms in total. The molecule has 0 bridgehead atoms. The summed E-state index contributed by atoms with van der Waals surface area (Å²) in [7, 11) is 0. The van der Waals surface area contributed by atoms with E-state index in [4.69, 9.17) is 0 Å². The van der Waals surface area contributed by atoms with Crippen LogP contribution in [0.5, 0.6) is 17.2 Å². The Morgan fingerprint density at radius 1 is 0.792 bits per heavy atom. The highest BCUT2D eigenvalue weighted by atomic mass is 16.3. The Labute approximate surface area is 140 Å². The molecule has 0 amide bonds. The third-order valence-electron chi connectivity index (χ3n) is 4.00. The van der Waals surface area contributed by atoms with Gasteiger partial charge >= 0.3 is 0 Å². The van der Waals surface area contributed by atoms with Crippen molar-refractivity contribution in [2.45, 2.75) is 13.0 Å². The highest BCUT2D eigenvalue weighted by Crippen LogP contribution is 2.35. The molecule has 0 aliphatic rings. The summed E-state index contributed by atoms with van der Waals surface area (Å²) in [5.41, 5.74) is 3.56. The topological polar surface area (TPSA) is 72.7 Å². The number of hydrogen-bond acceptors (Lipinski definition) is 4. The third kappa shape index (κ3) is 3.27. The summed E-state index contributed by atoms with van der Waals surface area (Å²) in [6, 6.07) is 18.9. The van der Waals surface area contributed by atoms with Crippen LogP contribution in [-0.4, -0.2) is 15.3 Å². The van der Waals surface area contributed by atoms with E-state index in [9.17, 15) is 15.3 Å². The highest BCUT2D eigenvalue weighted by molar-refractivity contribution is 5.56. The largest absolute Gasteiger partial charge is 0.508 e. The van der Waals surface area contributed by atoms with Crippen molar-refractivity contribution in [1.82, 2.24) is 0 Å². The van der Waals surface area contributed by atoms with E-state index in [1.165, 1.54) is 6.07 Å². The standard InChI is InChI=1S/C20H19NO3/c1-13-4-2-3-5-18(13)21-20(14-6-8-15(22)9-7-14)17-11-10-16(23)12-19(17)24/h2-12,20-24H,1H3. The van der Waals surface area contributed by atoms with Gasteiger partial charge in [-0.15, -0.1) is 0 Å². The highest BCUT2D eigenvalue weighted by Gasteiger charge is 2.19. The number of aryl methyl sites for hydroxylation is 1. The monoisotopic (exact) mass is 321 g/mol. The van der Waals surface area contributed by atoms with Crippen molar-refractivity contribution < 1.29 is 15.3 Å². The van der Waals surface area contributed by atoms with Gasteiger partial charge in [-0.1, -0.05) is 30.3 Å². The van der Waals surface area contributed by atoms with Gasteiger partial charge in [-0.2, -0.15) is 0 Å². The van der Waals surface area contributed by atoms with Gasteiger partial charge in [0.25, 0.3) is 0 Å². The van der Waals surface area contributed by atoms with Crippen molar-refractivity contribution in [2.24, 2.45) is 0 Å². The summed E-state index contributed by atoms with van der Waals surface area (Å²) in [6.45, 7) is 2.01. The molecule has 1 atom stereocenters. The van der Waals surface area contributed by atoms with E-state index in [1.54, 1.807) is 36.4 Å². The van der Waals surface area contributed by atoms with Gasteiger partial charge < -0.3 is 20.6 Å². The molecule has 4 heteroatoms. The van der Waals surface area contributed by atoms with E-state index in [0.717, 1.165) is 16.8 Å². The van der Waals surface area contributed by atoms with E-state index in [0.29, 0.717) is 5.56 Å². The predicted octanol–water partition coefficient (Wildman–Crippen LogP) is 4.31. The molecule has 0 aromatic heterocycles. The molecule has 0 radical (unpaired) electrons.